The predicted octanol–water partition coefficient (Wildman–Crippen LogP) is 25.8. The Morgan fingerprint density at radius 2 is 0.365 bits per heavy atom. The maximum absolute atomic E-state index is 7.26. The molecule has 8 nitrogen and oxygen atoms in total. The van der Waals surface area contributed by atoms with Gasteiger partial charge in [0.25, 0.3) is 0 Å². The first kappa shape index (κ1) is 56.8. The summed E-state index contributed by atoms with van der Waals surface area (Å²) >= 11 is 0. The highest BCUT2D eigenvalue weighted by Crippen LogP contribution is 2.46. The van der Waals surface area contributed by atoms with Crippen molar-refractivity contribution in [3.05, 3.63) is 352 Å². The van der Waals surface area contributed by atoms with E-state index in [9.17, 15) is 0 Å². The van der Waals surface area contributed by atoms with Gasteiger partial charge in [0.15, 0.2) is 22.3 Å². The van der Waals surface area contributed by atoms with Gasteiger partial charge >= 0.3 is 0 Å². The zero-order valence-corrected chi connectivity index (χ0v) is 56.0. The van der Waals surface area contributed by atoms with Crippen molar-refractivity contribution in [3.8, 4) is 34.1 Å². The molecule has 0 saturated carbocycles. The van der Waals surface area contributed by atoms with Gasteiger partial charge in [0.1, 0.15) is 0 Å². The second kappa shape index (κ2) is 21.7. The molecule has 0 amide bonds. The standard InChI is InChI=1S/C96H58N6O2/c1-3-23-59(24-4-1)97-89-39-19-21-41-93(89)103-95-57-77-66-48-44-62(102-86-38-18-12-32-72(86)80-54-64(46-50-88(80)102)100-83-35-15-9-29-69(83)70-30-10-16-36-84(70)100)52-74(66)76-56-92-96(104-94-42-22-20-40-90(94)98(92)60-25-5-2-6-26-60)58-78(76)65-47-43-61(51-73(65)75(77)55-91(95)97)101-85-37-17-11-31-71(85)79-53-63(45-49-87(79)101)99-81-33-13-7-27-67(81)68-28-8-14-34-82(68)99/h1-58H. The number of aromatic nitrogens is 6. The van der Waals surface area contributed by atoms with E-state index in [1.807, 2.05) is 0 Å². The summed E-state index contributed by atoms with van der Waals surface area (Å²) in [4.78, 5) is 0. The molecular weight excluding hydrogens is 1270 g/mol. The average molecular weight is 1330 g/mol. The number of para-hydroxylation sites is 12. The van der Waals surface area contributed by atoms with Crippen LogP contribution in [0.4, 0.5) is 0 Å². The van der Waals surface area contributed by atoms with Crippen molar-refractivity contribution in [2.24, 2.45) is 0 Å². The second-order valence-electron chi connectivity index (χ2n) is 27.5. The summed E-state index contributed by atoms with van der Waals surface area (Å²) in [6.45, 7) is 0. The molecule has 0 N–H and O–H groups in total. The fraction of sp³-hybridized carbons (Fsp3) is 0. The maximum Gasteiger partial charge on any atom is 0.152 e. The van der Waals surface area contributed by atoms with Crippen LogP contribution in [0.25, 0.3) is 209 Å². The molecule has 6 aromatic heterocycles. The predicted molar refractivity (Wildman–Crippen MR) is 433 cm³/mol. The number of hydrogen-bond acceptors (Lipinski definition) is 2. The van der Waals surface area contributed by atoms with Crippen molar-refractivity contribution in [2.75, 3.05) is 0 Å². The molecule has 0 saturated heterocycles. The lowest BCUT2D eigenvalue weighted by molar-refractivity contribution is 0.653. The molecule has 23 aromatic rings. The van der Waals surface area contributed by atoms with Gasteiger partial charge in [-0.3, -0.25) is 0 Å². The van der Waals surface area contributed by atoms with Crippen molar-refractivity contribution in [1.82, 2.24) is 27.4 Å². The van der Waals surface area contributed by atoms with E-state index >= 15 is 0 Å². The van der Waals surface area contributed by atoms with Crippen LogP contribution in [0.1, 0.15) is 0 Å². The highest BCUT2D eigenvalue weighted by molar-refractivity contribution is 6.29. The summed E-state index contributed by atoms with van der Waals surface area (Å²) in [5, 5.41) is 18.1. The van der Waals surface area contributed by atoms with Crippen LogP contribution >= 0.6 is 0 Å². The molecule has 104 heavy (non-hydrogen) atoms. The Bertz CT molecular complexity index is 7170. The normalized spacial score (nSPS) is 12.2. The van der Waals surface area contributed by atoms with Crippen molar-refractivity contribution in [3.63, 3.8) is 0 Å². The molecule has 0 aliphatic heterocycles. The molecule has 0 bridgehead atoms. The Morgan fingerprint density at radius 1 is 0.125 bits per heavy atom. The van der Waals surface area contributed by atoms with E-state index in [0.29, 0.717) is 0 Å². The number of hydrogen-bond donors (Lipinski definition) is 0. The van der Waals surface area contributed by atoms with Crippen molar-refractivity contribution in [2.45, 2.75) is 0 Å². The third-order valence-electron chi connectivity index (χ3n) is 22.0. The van der Waals surface area contributed by atoms with Crippen LogP contribution in [-0.2, 0) is 0 Å². The molecule has 17 aromatic carbocycles. The molecule has 8 heteroatoms. The van der Waals surface area contributed by atoms with Crippen LogP contribution in [0, 0.1) is 0 Å². The molecule has 0 radical (unpaired) electrons. The fourth-order valence-corrected chi connectivity index (χ4v) is 17.6. The first-order valence-electron chi connectivity index (χ1n) is 35.5. The minimum Gasteiger partial charge on any atom is -0.453 e. The summed E-state index contributed by atoms with van der Waals surface area (Å²) in [6, 6.07) is 129. The summed E-state index contributed by atoms with van der Waals surface area (Å²) in [5.41, 5.74) is 22.4. The lowest BCUT2D eigenvalue weighted by atomic mass is 9.93. The molecule has 484 valence electrons. The van der Waals surface area contributed by atoms with Crippen LogP contribution in [-0.4, -0.2) is 27.4 Å². The monoisotopic (exact) mass is 1330 g/mol. The first-order valence-corrected chi connectivity index (χ1v) is 35.5. The highest BCUT2D eigenvalue weighted by Gasteiger charge is 2.24. The Kier molecular flexibility index (Phi) is 11.9. The number of rotatable bonds is 6. The number of benzene rings is 16. The van der Waals surface area contributed by atoms with E-state index in [1.165, 1.54) is 65.2 Å². The van der Waals surface area contributed by atoms with Crippen LogP contribution in [0.2, 0.25) is 0 Å². The fourth-order valence-electron chi connectivity index (χ4n) is 17.6. The SMILES string of the molecule is c1ccc(-n2c3ccccc3oc3cc4c5ccc(-n6c7ccccc7c7cc(-n8c9ccccc9c9ccccc98)ccc76)cc5c5cc6c(cc5c5ccc(-n7c8ccccc8c8cc(-n9c%10ccccc%10c%10ccccc%109)ccc87)cc5c4cc32)oc2ccccc2n6-c2ccccc2)cc1. The number of nitrogens with zero attached hydrogens (tertiary/aromatic N) is 6. The molecule has 0 aliphatic carbocycles. The average Bonchev–Trinajstić information content (AvgIpc) is 1.52. The summed E-state index contributed by atoms with van der Waals surface area (Å²) in [6.07, 6.45) is 0. The van der Waals surface area contributed by atoms with Crippen molar-refractivity contribution in [1.29, 1.82) is 0 Å². The largest absolute Gasteiger partial charge is 0.453 e. The molecule has 0 unspecified atom stereocenters. The molecular formula is C96H58N6O2. The third-order valence-corrected chi connectivity index (χ3v) is 22.0. The zero-order valence-electron chi connectivity index (χ0n) is 56.0. The number of fused-ring (bicyclic) bond motifs is 24. The second-order valence-corrected chi connectivity index (χ2v) is 27.5. The Balaban J connectivity index is 0.862. The minimum atomic E-state index is 0.758. The lowest BCUT2D eigenvalue weighted by Crippen LogP contribution is -2.01. The molecule has 6 heterocycles. The zero-order chi connectivity index (χ0) is 67.8. The van der Waals surface area contributed by atoms with E-state index in [2.05, 4.69) is 379 Å². The van der Waals surface area contributed by atoms with Gasteiger partial charge in [0, 0.05) is 77.2 Å². The van der Waals surface area contributed by atoms with E-state index < -0.39 is 0 Å². The summed E-state index contributed by atoms with van der Waals surface area (Å²) < 4.78 is 29.0. The van der Waals surface area contributed by atoms with Gasteiger partial charge in [-0.05, 0) is 213 Å². The molecule has 0 spiro atoms. The first-order chi connectivity index (χ1) is 51.6. The Hall–Kier alpha value is -14.1. The van der Waals surface area contributed by atoms with Gasteiger partial charge in [-0.2, -0.15) is 0 Å². The lowest BCUT2D eigenvalue weighted by Gasteiger charge is -2.19. The van der Waals surface area contributed by atoms with Gasteiger partial charge in [0.05, 0.1) is 66.2 Å². The van der Waals surface area contributed by atoms with Gasteiger partial charge in [-0.25, -0.2) is 0 Å². The Morgan fingerprint density at radius 3 is 0.712 bits per heavy atom. The molecule has 23 rings (SSSR count). The van der Waals surface area contributed by atoms with Crippen LogP contribution in [0.5, 0.6) is 0 Å². The highest BCUT2D eigenvalue weighted by atomic mass is 16.3. The van der Waals surface area contributed by atoms with E-state index in [1.54, 1.807) is 0 Å². The van der Waals surface area contributed by atoms with Gasteiger partial charge in [-0.15, -0.1) is 0 Å². The van der Waals surface area contributed by atoms with Crippen LogP contribution in [0.3, 0.4) is 0 Å². The van der Waals surface area contributed by atoms with Gasteiger partial charge < -0.3 is 36.2 Å². The van der Waals surface area contributed by atoms with E-state index in [4.69, 9.17) is 8.83 Å². The van der Waals surface area contributed by atoms with Crippen molar-refractivity contribution >= 4 is 175 Å². The molecule has 0 aliphatic rings. The van der Waals surface area contributed by atoms with Crippen LogP contribution < -0.4 is 0 Å². The Labute approximate surface area is 593 Å². The molecule has 0 fully saturated rings. The summed E-state index contributed by atoms with van der Waals surface area (Å²) in [5.74, 6) is 0. The summed E-state index contributed by atoms with van der Waals surface area (Å²) in [7, 11) is 0. The smallest absolute Gasteiger partial charge is 0.152 e. The quantitative estimate of drug-likeness (QED) is 0.156. The van der Waals surface area contributed by atoms with Gasteiger partial charge in [-0.1, -0.05) is 182 Å². The van der Waals surface area contributed by atoms with Crippen LogP contribution in [0.15, 0.2) is 361 Å². The molecule has 0 atom stereocenters. The minimum absolute atomic E-state index is 0.758. The van der Waals surface area contributed by atoms with Crippen molar-refractivity contribution < 1.29 is 8.83 Å². The topological polar surface area (TPSA) is 55.9 Å². The maximum atomic E-state index is 7.26. The van der Waals surface area contributed by atoms with E-state index in [-0.39, 0.29) is 0 Å². The third kappa shape index (κ3) is 8.13. The van der Waals surface area contributed by atoms with Gasteiger partial charge in [0.2, 0.25) is 0 Å². The van der Waals surface area contributed by atoms with E-state index in [0.717, 1.165) is 144 Å².